The lowest BCUT2D eigenvalue weighted by atomic mass is 9.51. The molecule has 19 heavy (non-hydrogen) atoms. The molecule has 0 spiro atoms. The molecule has 0 aromatic heterocycles. The molecule has 0 heterocycles. The number of anilines is 1. The van der Waals surface area contributed by atoms with Crippen LogP contribution in [0.2, 0.25) is 0 Å². The average molecular weight is 257 g/mol. The van der Waals surface area contributed by atoms with Crippen molar-refractivity contribution in [3.63, 3.8) is 0 Å². The summed E-state index contributed by atoms with van der Waals surface area (Å²) in [5, 5.41) is 3.74. The van der Waals surface area contributed by atoms with Gasteiger partial charge >= 0.3 is 0 Å². The van der Waals surface area contributed by atoms with Gasteiger partial charge in [-0.15, -0.1) is 0 Å². The Labute approximate surface area is 118 Å². The van der Waals surface area contributed by atoms with Crippen LogP contribution >= 0.6 is 0 Å². The first-order valence-electron chi connectivity index (χ1n) is 7.23. The van der Waals surface area contributed by atoms with Gasteiger partial charge in [-0.1, -0.05) is 65.0 Å². The van der Waals surface area contributed by atoms with E-state index in [0.29, 0.717) is 5.92 Å². The highest BCUT2D eigenvalue weighted by molar-refractivity contribution is 5.48. The van der Waals surface area contributed by atoms with Gasteiger partial charge in [-0.2, -0.15) is 0 Å². The summed E-state index contributed by atoms with van der Waals surface area (Å²) in [6.07, 6.45) is 4.72. The van der Waals surface area contributed by atoms with Crippen molar-refractivity contribution in [1.82, 2.24) is 0 Å². The van der Waals surface area contributed by atoms with Gasteiger partial charge in [0, 0.05) is 5.69 Å². The lowest BCUT2D eigenvalue weighted by molar-refractivity contribution is 0.0151. The first-order chi connectivity index (χ1) is 8.71. The predicted octanol–water partition coefficient (Wildman–Crippen LogP) is 5.12. The SMILES string of the molecule is CC1C=CC(C)(Nc2ccccc2)C(C)(C)C1(C)C. The zero-order valence-electron chi connectivity index (χ0n) is 13.1. The first kappa shape index (κ1) is 14.2. The van der Waals surface area contributed by atoms with Gasteiger partial charge in [-0.05, 0) is 35.8 Å². The molecule has 1 N–H and O–H groups in total. The predicted molar refractivity (Wildman–Crippen MR) is 84.3 cm³/mol. The van der Waals surface area contributed by atoms with Crippen LogP contribution in [-0.2, 0) is 0 Å². The molecule has 0 saturated heterocycles. The van der Waals surface area contributed by atoms with E-state index in [-0.39, 0.29) is 16.4 Å². The fourth-order valence-corrected chi connectivity index (χ4v) is 3.04. The van der Waals surface area contributed by atoms with Crippen LogP contribution in [0.3, 0.4) is 0 Å². The Morgan fingerprint density at radius 2 is 1.53 bits per heavy atom. The second-order valence-corrected chi connectivity index (χ2v) is 7.19. The van der Waals surface area contributed by atoms with Crippen molar-refractivity contribution < 1.29 is 0 Å². The molecular formula is C18H27N. The first-order valence-corrected chi connectivity index (χ1v) is 7.23. The Kier molecular flexibility index (Phi) is 3.28. The van der Waals surface area contributed by atoms with Crippen molar-refractivity contribution in [1.29, 1.82) is 0 Å². The maximum atomic E-state index is 3.74. The normalized spacial score (nSPS) is 32.0. The van der Waals surface area contributed by atoms with Gasteiger partial charge in [0.25, 0.3) is 0 Å². The highest BCUT2D eigenvalue weighted by Crippen LogP contribution is 2.55. The summed E-state index contributed by atoms with van der Waals surface area (Å²) in [7, 11) is 0. The minimum atomic E-state index is -0.0373. The van der Waals surface area contributed by atoms with Crippen LogP contribution in [0.1, 0.15) is 41.5 Å². The van der Waals surface area contributed by atoms with Crippen molar-refractivity contribution >= 4 is 5.69 Å². The molecule has 1 aliphatic rings. The van der Waals surface area contributed by atoms with E-state index in [1.54, 1.807) is 0 Å². The van der Waals surface area contributed by atoms with Crippen LogP contribution in [0.25, 0.3) is 0 Å². The number of rotatable bonds is 2. The smallest absolute Gasteiger partial charge is 0.0584 e. The van der Waals surface area contributed by atoms with Crippen LogP contribution in [0, 0.1) is 16.7 Å². The van der Waals surface area contributed by atoms with Gasteiger partial charge in [0.1, 0.15) is 0 Å². The van der Waals surface area contributed by atoms with E-state index >= 15 is 0 Å². The molecule has 0 saturated carbocycles. The second kappa shape index (κ2) is 4.40. The molecule has 0 amide bonds. The lowest BCUT2D eigenvalue weighted by Crippen LogP contribution is -2.58. The molecule has 2 unspecified atom stereocenters. The molecule has 0 radical (unpaired) electrons. The molecule has 1 aromatic carbocycles. The molecule has 104 valence electrons. The van der Waals surface area contributed by atoms with E-state index in [4.69, 9.17) is 0 Å². The number of hydrogen-bond acceptors (Lipinski definition) is 1. The molecule has 1 heteroatoms. The fraction of sp³-hybridized carbons (Fsp3) is 0.556. The summed E-state index contributed by atoms with van der Waals surface area (Å²) >= 11 is 0. The zero-order valence-corrected chi connectivity index (χ0v) is 13.1. The highest BCUT2D eigenvalue weighted by atomic mass is 15.0. The number of hydrogen-bond donors (Lipinski definition) is 1. The third kappa shape index (κ3) is 2.09. The third-order valence-electron chi connectivity index (χ3n) is 5.94. The van der Waals surface area contributed by atoms with Gasteiger partial charge in [0.2, 0.25) is 0 Å². The Morgan fingerprint density at radius 1 is 0.947 bits per heavy atom. The van der Waals surface area contributed by atoms with Crippen LogP contribution in [-0.4, -0.2) is 5.54 Å². The largest absolute Gasteiger partial charge is 0.376 e. The minimum Gasteiger partial charge on any atom is -0.376 e. The summed E-state index contributed by atoms with van der Waals surface area (Å²) in [4.78, 5) is 0. The van der Waals surface area contributed by atoms with E-state index in [2.05, 4.69) is 89.3 Å². The van der Waals surface area contributed by atoms with E-state index in [0.717, 1.165) is 0 Å². The average Bonchev–Trinajstić information content (AvgIpc) is 2.35. The van der Waals surface area contributed by atoms with Crippen molar-refractivity contribution in [2.24, 2.45) is 16.7 Å². The third-order valence-corrected chi connectivity index (χ3v) is 5.94. The molecule has 2 atom stereocenters. The van der Waals surface area contributed by atoms with Crippen molar-refractivity contribution in [3.8, 4) is 0 Å². The van der Waals surface area contributed by atoms with Crippen LogP contribution < -0.4 is 5.32 Å². The van der Waals surface area contributed by atoms with Gasteiger partial charge < -0.3 is 5.32 Å². The molecule has 2 rings (SSSR count). The Hall–Kier alpha value is -1.24. The maximum Gasteiger partial charge on any atom is 0.0584 e. The summed E-state index contributed by atoms with van der Waals surface area (Å²) in [5.74, 6) is 0.591. The molecule has 0 fully saturated rings. The van der Waals surface area contributed by atoms with Gasteiger partial charge in [0.15, 0.2) is 0 Å². The Morgan fingerprint density at radius 3 is 2.11 bits per heavy atom. The molecule has 0 aliphatic heterocycles. The maximum absolute atomic E-state index is 3.74. The van der Waals surface area contributed by atoms with E-state index in [9.17, 15) is 0 Å². The van der Waals surface area contributed by atoms with Crippen molar-refractivity contribution in [2.75, 3.05) is 5.32 Å². The standard InChI is InChI=1S/C18H27N/c1-14-12-13-18(6,17(4,5)16(14,2)3)19-15-10-8-7-9-11-15/h7-14,19H,1-6H3. The van der Waals surface area contributed by atoms with Crippen molar-refractivity contribution in [3.05, 3.63) is 42.5 Å². The molecule has 1 nitrogen and oxygen atoms in total. The Balaban J connectivity index is 2.40. The zero-order chi connectivity index (χ0) is 14.3. The summed E-state index contributed by atoms with van der Waals surface area (Å²) in [6, 6.07) is 10.5. The number of allylic oxidation sites excluding steroid dienone is 1. The number of benzene rings is 1. The van der Waals surface area contributed by atoms with Crippen LogP contribution in [0.15, 0.2) is 42.5 Å². The molecular weight excluding hydrogens is 230 g/mol. The van der Waals surface area contributed by atoms with Crippen LogP contribution in [0.4, 0.5) is 5.69 Å². The Bertz CT molecular complexity index is 470. The van der Waals surface area contributed by atoms with Crippen molar-refractivity contribution in [2.45, 2.75) is 47.1 Å². The van der Waals surface area contributed by atoms with E-state index in [1.807, 2.05) is 0 Å². The molecule has 1 aromatic rings. The van der Waals surface area contributed by atoms with Gasteiger partial charge in [0.05, 0.1) is 5.54 Å². The fourth-order valence-electron chi connectivity index (χ4n) is 3.04. The summed E-state index contributed by atoms with van der Waals surface area (Å²) in [5.41, 5.74) is 1.56. The number of nitrogens with one attached hydrogen (secondary N) is 1. The molecule has 1 aliphatic carbocycles. The second-order valence-electron chi connectivity index (χ2n) is 7.19. The topological polar surface area (TPSA) is 12.0 Å². The lowest BCUT2D eigenvalue weighted by Gasteiger charge is -2.57. The minimum absolute atomic E-state index is 0.0373. The number of para-hydroxylation sites is 1. The monoisotopic (exact) mass is 257 g/mol. The summed E-state index contributed by atoms with van der Waals surface area (Å²) in [6.45, 7) is 14.1. The molecule has 0 bridgehead atoms. The van der Waals surface area contributed by atoms with Crippen LogP contribution in [0.5, 0.6) is 0 Å². The van der Waals surface area contributed by atoms with E-state index < -0.39 is 0 Å². The quantitative estimate of drug-likeness (QED) is 0.725. The van der Waals surface area contributed by atoms with E-state index in [1.165, 1.54) is 5.69 Å². The highest BCUT2D eigenvalue weighted by Gasteiger charge is 2.53. The van der Waals surface area contributed by atoms with Gasteiger partial charge in [-0.25, -0.2) is 0 Å². The summed E-state index contributed by atoms with van der Waals surface area (Å²) < 4.78 is 0. The van der Waals surface area contributed by atoms with Gasteiger partial charge in [-0.3, -0.25) is 0 Å².